The Kier molecular flexibility index (Phi) is 4.80. The number of pyridine rings is 2. The van der Waals surface area contributed by atoms with Gasteiger partial charge in [-0.15, -0.1) is 0 Å². The second-order valence-electron chi connectivity index (χ2n) is 4.06. The summed E-state index contributed by atoms with van der Waals surface area (Å²) in [5.41, 5.74) is 0.544. The minimum absolute atomic E-state index is 0.0243. The van der Waals surface area contributed by atoms with Crippen molar-refractivity contribution in [1.82, 2.24) is 15.3 Å². The van der Waals surface area contributed by atoms with E-state index in [4.69, 9.17) is 4.74 Å². The zero-order valence-electron chi connectivity index (χ0n) is 10.8. The lowest BCUT2D eigenvalue weighted by Gasteiger charge is -2.09. The molecule has 0 aromatic carbocycles. The van der Waals surface area contributed by atoms with Gasteiger partial charge in [0.25, 0.3) is 5.88 Å². The number of ether oxygens (including phenoxy) is 1. The van der Waals surface area contributed by atoms with Gasteiger partial charge in [-0.2, -0.15) is 0 Å². The zero-order chi connectivity index (χ0) is 13.5. The van der Waals surface area contributed by atoms with E-state index in [1.54, 1.807) is 24.4 Å². The lowest BCUT2D eigenvalue weighted by molar-refractivity contribution is 0.416. The molecule has 100 valence electrons. The molecule has 0 unspecified atom stereocenters. The van der Waals surface area contributed by atoms with Crippen molar-refractivity contribution in [2.75, 3.05) is 6.54 Å². The van der Waals surface area contributed by atoms with Crippen LogP contribution in [0.5, 0.6) is 11.6 Å². The highest BCUT2D eigenvalue weighted by Gasteiger charge is 2.11. The second kappa shape index (κ2) is 6.80. The summed E-state index contributed by atoms with van der Waals surface area (Å²) in [6, 6.07) is 5.07. The minimum Gasteiger partial charge on any atom is -0.435 e. The fourth-order valence-electron chi connectivity index (χ4n) is 1.59. The van der Waals surface area contributed by atoms with Crippen LogP contribution in [0.2, 0.25) is 0 Å². The van der Waals surface area contributed by atoms with Gasteiger partial charge in [0, 0.05) is 24.5 Å². The highest BCUT2D eigenvalue weighted by molar-refractivity contribution is 5.28. The van der Waals surface area contributed by atoms with E-state index in [-0.39, 0.29) is 5.88 Å². The molecule has 2 aromatic rings. The largest absolute Gasteiger partial charge is 0.435 e. The molecule has 0 spiro atoms. The normalized spacial score (nSPS) is 10.4. The molecule has 0 bridgehead atoms. The van der Waals surface area contributed by atoms with Crippen LogP contribution >= 0.6 is 0 Å². The summed E-state index contributed by atoms with van der Waals surface area (Å²) in [6.07, 6.45) is 5.69. The average Bonchev–Trinajstić information content (AvgIpc) is 2.44. The number of nitrogens with one attached hydrogen (secondary N) is 1. The first-order chi connectivity index (χ1) is 9.31. The summed E-state index contributed by atoms with van der Waals surface area (Å²) >= 11 is 0. The molecule has 0 atom stereocenters. The first-order valence-electron chi connectivity index (χ1n) is 6.23. The Hall–Kier alpha value is -2.01. The predicted octanol–water partition coefficient (Wildman–Crippen LogP) is 2.91. The summed E-state index contributed by atoms with van der Waals surface area (Å²) < 4.78 is 19.5. The van der Waals surface area contributed by atoms with E-state index in [9.17, 15) is 4.39 Å². The van der Waals surface area contributed by atoms with Crippen LogP contribution in [0.4, 0.5) is 4.39 Å². The molecule has 5 heteroatoms. The smallest absolute Gasteiger partial charge is 0.256 e. The highest BCUT2D eigenvalue weighted by Crippen LogP contribution is 2.23. The number of nitrogens with zero attached hydrogens (tertiary/aromatic N) is 2. The Morgan fingerprint density at radius 2 is 2.21 bits per heavy atom. The van der Waals surface area contributed by atoms with Gasteiger partial charge in [0.15, 0.2) is 5.82 Å². The fraction of sp³-hybridized carbons (Fsp3) is 0.286. The Balaban J connectivity index is 2.11. The molecule has 4 nitrogen and oxygen atoms in total. The van der Waals surface area contributed by atoms with Crippen LogP contribution in [0.15, 0.2) is 36.8 Å². The van der Waals surface area contributed by atoms with Crippen LogP contribution in [0.25, 0.3) is 0 Å². The zero-order valence-corrected chi connectivity index (χ0v) is 10.8. The molecule has 0 fully saturated rings. The molecule has 1 N–H and O–H groups in total. The van der Waals surface area contributed by atoms with E-state index >= 15 is 0 Å². The van der Waals surface area contributed by atoms with Crippen molar-refractivity contribution < 1.29 is 9.13 Å². The summed E-state index contributed by atoms with van der Waals surface area (Å²) in [4.78, 5) is 7.82. The Morgan fingerprint density at radius 1 is 1.32 bits per heavy atom. The van der Waals surface area contributed by atoms with Gasteiger partial charge in [-0.1, -0.05) is 6.92 Å². The second-order valence-corrected chi connectivity index (χ2v) is 4.06. The van der Waals surface area contributed by atoms with Crippen LogP contribution in [0.1, 0.15) is 18.9 Å². The van der Waals surface area contributed by atoms with Crippen LogP contribution in [-0.4, -0.2) is 16.5 Å². The Bertz CT molecular complexity index is 519. The Labute approximate surface area is 111 Å². The van der Waals surface area contributed by atoms with Crippen LogP contribution in [-0.2, 0) is 6.54 Å². The van der Waals surface area contributed by atoms with Gasteiger partial charge in [0.2, 0.25) is 0 Å². The van der Waals surface area contributed by atoms with E-state index in [0.717, 1.165) is 13.0 Å². The maximum absolute atomic E-state index is 14.1. The lowest BCUT2D eigenvalue weighted by atomic mass is 10.2. The standard InChI is InChI=1S/C14H16FN3O/c1-2-6-16-9-11-5-8-18-14(13(11)15)19-12-4-3-7-17-10-12/h3-5,7-8,10,16H,2,6,9H2,1H3. The molecule has 0 saturated carbocycles. The third kappa shape index (κ3) is 3.72. The predicted molar refractivity (Wildman–Crippen MR) is 70.5 cm³/mol. The summed E-state index contributed by atoms with van der Waals surface area (Å²) in [5.74, 6) is 0.00585. The van der Waals surface area contributed by atoms with E-state index < -0.39 is 5.82 Å². The molecule has 2 heterocycles. The molecule has 0 amide bonds. The number of rotatable bonds is 6. The first-order valence-corrected chi connectivity index (χ1v) is 6.23. The van der Waals surface area contributed by atoms with Crippen LogP contribution in [0, 0.1) is 5.82 Å². The number of halogens is 1. The van der Waals surface area contributed by atoms with Crippen molar-refractivity contribution in [3.05, 3.63) is 48.2 Å². The van der Waals surface area contributed by atoms with Crippen molar-refractivity contribution in [2.24, 2.45) is 0 Å². The molecular formula is C14H16FN3O. The van der Waals surface area contributed by atoms with E-state index in [1.165, 1.54) is 12.4 Å². The van der Waals surface area contributed by atoms with Crippen LogP contribution < -0.4 is 10.1 Å². The van der Waals surface area contributed by atoms with Crippen molar-refractivity contribution in [3.8, 4) is 11.6 Å². The van der Waals surface area contributed by atoms with Crippen LogP contribution in [0.3, 0.4) is 0 Å². The molecule has 0 aliphatic rings. The van der Waals surface area contributed by atoms with Gasteiger partial charge in [0.1, 0.15) is 5.75 Å². The van der Waals surface area contributed by atoms with Gasteiger partial charge in [-0.25, -0.2) is 9.37 Å². The number of aromatic nitrogens is 2. The summed E-state index contributed by atoms with van der Waals surface area (Å²) in [6.45, 7) is 3.37. The number of hydrogen-bond acceptors (Lipinski definition) is 4. The van der Waals surface area contributed by atoms with E-state index in [0.29, 0.717) is 17.9 Å². The molecule has 0 radical (unpaired) electrons. The molecular weight excluding hydrogens is 245 g/mol. The molecule has 0 aliphatic carbocycles. The highest BCUT2D eigenvalue weighted by atomic mass is 19.1. The van der Waals surface area contributed by atoms with Gasteiger partial charge in [-0.05, 0) is 31.2 Å². The molecule has 0 saturated heterocycles. The van der Waals surface area contributed by atoms with Gasteiger partial charge in [0.05, 0.1) is 6.20 Å². The molecule has 2 aromatic heterocycles. The summed E-state index contributed by atoms with van der Waals surface area (Å²) in [5, 5.41) is 3.15. The van der Waals surface area contributed by atoms with Gasteiger partial charge in [-0.3, -0.25) is 4.98 Å². The minimum atomic E-state index is -0.435. The van der Waals surface area contributed by atoms with E-state index in [1.807, 2.05) is 0 Å². The quantitative estimate of drug-likeness (QED) is 0.812. The maximum Gasteiger partial charge on any atom is 0.256 e. The third-order valence-corrected chi connectivity index (χ3v) is 2.53. The molecule has 19 heavy (non-hydrogen) atoms. The van der Waals surface area contributed by atoms with Crippen molar-refractivity contribution >= 4 is 0 Å². The Morgan fingerprint density at radius 3 is 2.95 bits per heavy atom. The fourth-order valence-corrected chi connectivity index (χ4v) is 1.59. The maximum atomic E-state index is 14.1. The first kappa shape index (κ1) is 13.4. The summed E-state index contributed by atoms with van der Waals surface area (Å²) in [7, 11) is 0. The SMILES string of the molecule is CCCNCc1ccnc(Oc2cccnc2)c1F. The average molecular weight is 261 g/mol. The van der Waals surface area contributed by atoms with Crippen molar-refractivity contribution in [1.29, 1.82) is 0 Å². The topological polar surface area (TPSA) is 47.0 Å². The monoisotopic (exact) mass is 261 g/mol. The van der Waals surface area contributed by atoms with Crippen molar-refractivity contribution in [2.45, 2.75) is 19.9 Å². The molecule has 2 rings (SSSR count). The van der Waals surface area contributed by atoms with E-state index in [2.05, 4.69) is 22.2 Å². The number of hydrogen-bond donors (Lipinski definition) is 1. The molecule has 0 aliphatic heterocycles. The third-order valence-electron chi connectivity index (χ3n) is 2.53. The van der Waals surface area contributed by atoms with Crippen molar-refractivity contribution in [3.63, 3.8) is 0 Å². The van der Waals surface area contributed by atoms with Gasteiger partial charge >= 0.3 is 0 Å². The van der Waals surface area contributed by atoms with Gasteiger partial charge < -0.3 is 10.1 Å². The lowest BCUT2D eigenvalue weighted by Crippen LogP contribution is -2.15.